The first-order chi connectivity index (χ1) is 11.5. The number of phenols is 1. The molecule has 0 radical (unpaired) electrons. The number of rotatable bonds is 5. The first kappa shape index (κ1) is 17.7. The van der Waals surface area contributed by atoms with E-state index in [4.69, 9.17) is 4.74 Å². The third kappa shape index (κ3) is 3.98. The van der Waals surface area contributed by atoms with E-state index in [1.165, 1.54) is 0 Å². The number of ether oxygens (including phenoxy) is 1. The zero-order valence-electron chi connectivity index (χ0n) is 14.8. The van der Waals surface area contributed by atoms with Crippen molar-refractivity contribution in [1.29, 1.82) is 0 Å². The van der Waals surface area contributed by atoms with Gasteiger partial charge in [0, 0.05) is 44.0 Å². The van der Waals surface area contributed by atoms with Crippen LogP contribution in [0, 0.1) is 13.8 Å². The molecule has 0 fully saturated rings. The number of hydrogen-bond acceptors (Lipinski definition) is 4. The Morgan fingerprint density at radius 2 is 2.00 bits per heavy atom. The molecule has 0 saturated carbocycles. The van der Waals surface area contributed by atoms with E-state index in [1.54, 1.807) is 32.4 Å². The largest absolute Gasteiger partial charge is 0.508 e. The number of benzene rings is 1. The molecule has 1 heterocycles. The van der Waals surface area contributed by atoms with Gasteiger partial charge in [-0.1, -0.05) is 0 Å². The Balaban J connectivity index is 1.98. The van der Waals surface area contributed by atoms with Crippen LogP contribution in [0.4, 0.5) is 0 Å². The zero-order valence-corrected chi connectivity index (χ0v) is 14.8. The zero-order chi connectivity index (χ0) is 17.7. The second-order valence-corrected chi connectivity index (χ2v) is 5.55. The van der Waals surface area contributed by atoms with Crippen LogP contribution in [0.3, 0.4) is 0 Å². The molecule has 0 unspecified atom stereocenters. The van der Waals surface area contributed by atoms with Crippen LogP contribution in [0.1, 0.15) is 22.5 Å². The normalized spacial score (nSPS) is 11.5. The van der Waals surface area contributed by atoms with Crippen molar-refractivity contribution in [3.63, 3.8) is 0 Å². The van der Waals surface area contributed by atoms with E-state index in [1.807, 2.05) is 25.6 Å². The number of aryl methyl sites for hydroxylation is 2. The molecule has 0 aliphatic carbocycles. The van der Waals surface area contributed by atoms with Crippen molar-refractivity contribution in [2.75, 3.05) is 14.2 Å². The summed E-state index contributed by atoms with van der Waals surface area (Å²) in [6.45, 7) is 5.11. The van der Waals surface area contributed by atoms with Gasteiger partial charge in [0.1, 0.15) is 11.5 Å². The molecule has 0 spiro atoms. The van der Waals surface area contributed by atoms with Crippen molar-refractivity contribution in [2.24, 2.45) is 12.0 Å². The van der Waals surface area contributed by atoms with Crippen molar-refractivity contribution in [3.8, 4) is 11.5 Å². The minimum absolute atomic E-state index is 0.220. The molecule has 2 rings (SSSR count). The summed E-state index contributed by atoms with van der Waals surface area (Å²) >= 11 is 0. The molecule has 0 atom stereocenters. The second-order valence-electron chi connectivity index (χ2n) is 5.55. The predicted octanol–water partition coefficient (Wildman–Crippen LogP) is 1.62. The maximum absolute atomic E-state index is 9.93. The van der Waals surface area contributed by atoms with Gasteiger partial charge in [0.15, 0.2) is 5.96 Å². The van der Waals surface area contributed by atoms with E-state index < -0.39 is 0 Å². The van der Waals surface area contributed by atoms with Gasteiger partial charge >= 0.3 is 0 Å². The molecule has 7 nitrogen and oxygen atoms in total. The monoisotopic (exact) mass is 331 g/mol. The quantitative estimate of drug-likeness (QED) is 0.573. The van der Waals surface area contributed by atoms with Crippen LogP contribution in [0.25, 0.3) is 0 Å². The van der Waals surface area contributed by atoms with Gasteiger partial charge in [0.2, 0.25) is 0 Å². The Kier molecular flexibility index (Phi) is 5.68. The summed E-state index contributed by atoms with van der Waals surface area (Å²) in [7, 11) is 5.25. The molecule has 130 valence electrons. The minimum Gasteiger partial charge on any atom is -0.508 e. The van der Waals surface area contributed by atoms with Gasteiger partial charge in [-0.15, -0.1) is 0 Å². The number of aromatic hydroxyl groups is 1. The average Bonchev–Trinajstić information content (AvgIpc) is 2.82. The average molecular weight is 331 g/mol. The number of aromatic nitrogens is 2. The molecule has 7 heteroatoms. The van der Waals surface area contributed by atoms with Crippen molar-refractivity contribution < 1.29 is 9.84 Å². The highest BCUT2D eigenvalue weighted by atomic mass is 16.5. The van der Waals surface area contributed by atoms with Crippen LogP contribution in [-0.4, -0.2) is 35.0 Å². The number of phenolic OH excluding ortho intramolecular Hbond substituents is 1. The number of methoxy groups -OCH3 is 1. The van der Waals surface area contributed by atoms with E-state index in [9.17, 15) is 5.11 Å². The van der Waals surface area contributed by atoms with E-state index in [0.29, 0.717) is 24.8 Å². The van der Waals surface area contributed by atoms with Crippen LogP contribution < -0.4 is 15.4 Å². The van der Waals surface area contributed by atoms with Gasteiger partial charge in [-0.25, -0.2) is 0 Å². The number of guanidine groups is 1. The van der Waals surface area contributed by atoms with E-state index in [2.05, 4.69) is 20.7 Å². The summed E-state index contributed by atoms with van der Waals surface area (Å²) in [5.74, 6) is 1.58. The number of aliphatic imine (C=N–C) groups is 1. The summed E-state index contributed by atoms with van der Waals surface area (Å²) in [6.07, 6.45) is 0. The summed E-state index contributed by atoms with van der Waals surface area (Å²) in [5, 5.41) is 20.8. The van der Waals surface area contributed by atoms with Crippen LogP contribution in [-0.2, 0) is 20.1 Å². The van der Waals surface area contributed by atoms with Crippen LogP contribution >= 0.6 is 0 Å². The number of nitrogens with one attached hydrogen (secondary N) is 2. The lowest BCUT2D eigenvalue weighted by molar-refractivity contribution is 0.410. The first-order valence-electron chi connectivity index (χ1n) is 7.75. The fourth-order valence-electron chi connectivity index (χ4n) is 2.48. The van der Waals surface area contributed by atoms with E-state index in [-0.39, 0.29) is 5.75 Å². The standard InChI is InChI=1S/C17H25N5O2/c1-11-15(12(2)22(4)21-11)10-20-17(18-3)19-9-13-8-14(24-5)6-7-16(13)23/h6-8,23H,9-10H2,1-5H3,(H2,18,19,20). The molecule has 3 N–H and O–H groups in total. The molecule has 0 bridgehead atoms. The Morgan fingerprint density at radius 3 is 2.58 bits per heavy atom. The molecule has 1 aromatic carbocycles. The van der Waals surface area contributed by atoms with Crippen LogP contribution in [0.15, 0.2) is 23.2 Å². The lowest BCUT2D eigenvalue weighted by Gasteiger charge is -2.13. The summed E-state index contributed by atoms with van der Waals surface area (Å²) in [5.41, 5.74) is 4.03. The van der Waals surface area contributed by atoms with E-state index >= 15 is 0 Å². The topological polar surface area (TPSA) is 83.7 Å². The second kappa shape index (κ2) is 7.72. The highest BCUT2D eigenvalue weighted by Gasteiger charge is 2.10. The lowest BCUT2D eigenvalue weighted by Crippen LogP contribution is -2.36. The van der Waals surface area contributed by atoms with E-state index in [0.717, 1.165) is 22.5 Å². The Labute approximate surface area is 142 Å². The highest BCUT2D eigenvalue weighted by Crippen LogP contribution is 2.22. The first-order valence-corrected chi connectivity index (χ1v) is 7.75. The molecule has 2 aromatic rings. The fraction of sp³-hybridized carbons (Fsp3) is 0.412. The maximum Gasteiger partial charge on any atom is 0.191 e. The Hall–Kier alpha value is -2.70. The molecule has 0 aliphatic rings. The summed E-state index contributed by atoms with van der Waals surface area (Å²) < 4.78 is 7.05. The van der Waals surface area contributed by atoms with Gasteiger partial charge in [-0.05, 0) is 32.0 Å². The van der Waals surface area contributed by atoms with Crippen molar-refractivity contribution >= 4 is 5.96 Å². The molecule has 0 saturated heterocycles. The number of hydrogen-bond donors (Lipinski definition) is 3. The molecule has 1 aromatic heterocycles. The van der Waals surface area contributed by atoms with Crippen molar-refractivity contribution in [2.45, 2.75) is 26.9 Å². The lowest BCUT2D eigenvalue weighted by atomic mass is 10.2. The molecular formula is C17H25N5O2. The SMILES string of the molecule is CN=C(NCc1cc(OC)ccc1O)NCc1c(C)nn(C)c1C. The third-order valence-corrected chi connectivity index (χ3v) is 4.05. The summed E-state index contributed by atoms with van der Waals surface area (Å²) in [4.78, 5) is 4.21. The van der Waals surface area contributed by atoms with Gasteiger partial charge in [0.25, 0.3) is 0 Å². The van der Waals surface area contributed by atoms with Crippen molar-refractivity contribution in [1.82, 2.24) is 20.4 Å². The van der Waals surface area contributed by atoms with Gasteiger partial charge < -0.3 is 20.5 Å². The Morgan fingerprint density at radius 1 is 1.29 bits per heavy atom. The maximum atomic E-state index is 9.93. The predicted molar refractivity (Wildman–Crippen MR) is 94.4 cm³/mol. The smallest absolute Gasteiger partial charge is 0.191 e. The molecule has 0 amide bonds. The van der Waals surface area contributed by atoms with Gasteiger partial charge in [0.05, 0.1) is 12.8 Å². The molecular weight excluding hydrogens is 306 g/mol. The minimum atomic E-state index is 0.220. The van der Waals surface area contributed by atoms with Crippen LogP contribution in [0.2, 0.25) is 0 Å². The van der Waals surface area contributed by atoms with Gasteiger partial charge in [-0.3, -0.25) is 9.67 Å². The highest BCUT2D eigenvalue weighted by molar-refractivity contribution is 5.79. The number of nitrogens with zero attached hydrogens (tertiary/aromatic N) is 3. The van der Waals surface area contributed by atoms with Crippen molar-refractivity contribution in [3.05, 3.63) is 40.7 Å². The summed E-state index contributed by atoms with van der Waals surface area (Å²) in [6, 6.07) is 5.14. The third-order valence-electron chi connectivity index (χ3n) is 4.05. The van der Waals surface area contributed by atoms with Gasteiger partial charge in [-0.2, -0.15) is 5.10 Å². The van der Waals surface area contributed by atoms with Crippen LogP contribution in [0.5, 0.6) is 11.5 Å². The molecule has 0 aliphatic heterocycles. The fourth-order valence-corrected chi connectivity index (χ4v) is 2.48. The molecule has 24 heavy (non-hydrogen) atoms. The Bertz CT molecular complexity index is 737.